The molecule has 3 heterocycles. The fourth-order valence-electron chi connectivity index (χ4n) is 3.52. The lowest BCUT2D eigenvalue weighted by molar-refractivity contribution is -0.125. The number of amides is 1. The first-order valence-corrected chi connectivity index (χ1v) is 8.84. The van der Waals surface area contributed by atoms with E-state index >= 15 is 0 Å². The molecule has 1 amide bonds. The molecule has 6 heteroatoms. The molecule has 6 nitrogen and oxygen atoms in total. The highest BCUT2D eigenvalue weighted by Gasteiger charge is 2.28. The second-order valence-electron chi connectivity index (χ2n) is 6.61. The smallest absolute Gasteiger partial charge is 0.225 e. The van der Waals surface area contributed by atoms with Crippen LogP contribution in [0.1, 0.15) is 18.4 Å². The second kappa shape index (κ2) is 7.09. The van der Waals surface area contributed by atoms with Gasteiger partial charge in [0.25, 0.3) is 0 Å². The maximum Gasteiger partial charge on any atom is 0.225 e. The summed E-state index contributed by atoms with van der Waals surface area (Å²) in [7, 11) is 0. The lowest BCUT2D eigenvalue weighted by atomic mass is 9.96. The van der Waals surface area contributed by atoms with E-state index < -0.39 is 0 Å². The molecule has 1 saturated heterocycles. The average Bonchev–Trinajstić information content (AvgIpc) is 3.10. The van der Waals surface area contributed by atoms with Crippen LogP contribution >= 0.6 is 0 Å². The van der Waals surface area contributed by atoms with Gasteiger partial charge in [-0.25, -0.2) is 9.97 Å². The van der Waals surface area contributed by atoms with Crippen molar-refractivity contribution in [1.29, 1.82) is 0 Å². The van der Waals surface area contributed by atoms with Crippen LogP contribution in [-0.4, -0.2) is 41.6 Å². The van der Waals surface area contributed by atoms with E-state index in [1.807, 2.05) is 24.3 Å². The Balaban J connectivity index is 1.24. The molecule has 4 rings (SSSR count). The van der Waals surface area contributed by atoms with Crippen molar-refractivity contribution < 1.29 is 9.53 Å². The number of nitrogens with zero attached hydrogens (tertiary/aromatic N) is 3. The summed E-state index contributed by atoms with van der Waals surface area (Å²) in [5.74, 6) is 1.88. The van der Waals surface area contributed by atoms with Gasteiger partial charge in [-0.3, -0.25) is 4.79 Å². The number of rotatable bonds is 4. The molecule has 1 unspecified atom stereocenters. The summed E-state index contributed by atoms with van der Waals surface area (Å²) in [6.45, 7) is 2.19. The number of piperidine rings is 1. The predicted molar refractivity (Wildman–Crippen MR) is 94.5 cm³/mol. The number of carbonyl (C=O) groups is 1. The van der Waals surface area contributed by atoms with Gasteiger partial charge in [-0.15, -0.1) is 0 Å². The summed E-state index contributed by atoms with van der Waals surface area (Å²) in [4.78, 5) is 23.2. The van der Waals surface area contributed by atoms with Crippen molar-refractivity contribution in [3.8, 4) is 5.75 Å². The molecule has 2 aromatic rings. The molecule has 130 valence electrons. The van der Waals surface area contributed by atoms with E-state index in [0.29, 0.717) is 6.54 Å². The Hall–Kier alpha value is -2.63. The Morgan fingerprint density at radius 3 is 2.68 bits per heavy atom. The van der Waals surface area contributed by atoms with E-state index in [1.54, 1.807) is 12.4 Å². The molecular weight excluding hydrogens is 316 g/mol. The number of carbonyl (C=O) groups excluding carboxylic acids is 1. The quantitative estimate of drug-likeness (QED) is 0.921. The summed E-state index contributed by atoms with van der Waals surface area (Å²) in [6, 6.07) is 9.88. The normalized spacial score (nSPS) is 20.0. The monoisotopic (exact) mass is 338 g/mol. The van der Waals surface area contributed by atoms with Gasteiger partial charge in [0, 0.05) is 37.8 Å². The second-order valence-corrected chi connectivity index (χ2v) is 6.61. The molecule has 2 aliphatic heterocycles. The number of ether oxygens (including phenoxy) is 1. The minimum Gasteiger partial charge on any atom is -0.488 e. The first kappa shape index (κ1) is 15.9. The fourth-order valence-corrected chi connectivity index (χ4v) is 3.52. The summed E-state index contributed by atoms with van der Waals surface area (Å²) in [6.07, 6.45) is 6.06. The van der Waals surface area contributed by atoms with Crippen LogP contribution < -0.4 is 15.0 Å². The van der Waals surface area contributed by atoms with Gasteiger partial charge in [0.1, 0.15) is 11.9 Å². The number of hydrogen-bond acceptors (Lipinski definition) is 5. The zero-order valence-electron chi connectivity index (χ0n) is 14.1. The number of aromatic nitrogens is 2. The van der Waals surface area contributed by atoms with Crippen LogP contribution in [0.3, 0.4) is 0 Å². The van der Waals surface area contributed by atoms with Crippen molar-refractivity contribution in [2.24, 2.45) is 5.92 Å². The molecule has 25 heavy (non-hydrogen) atoms. The first-order chi connectivity index (χ1) is 12.3. The Morgan fingerprint density at radius 1 is 1.16 bits per heavy atom. The largest absolute Gasteiger partial charge is 0.488 e. The zero-order chi connectivity index (χ0) is 17.1. The summed E-state index contributed by atoms with van der Waals surface area (Å²) < 4.78 is 5.88. The number of nitrogens with one attached hydrogen (secondary N) is 1. The Labute approximate surface area is 147 Å². The molecule has 2 aliphatic rings. The maximum absolute atomic E-state index is 12.5. The number of anilines is 1. The highest BCUT2D eigenvalue weighted by Crippen LogP contribution is 2.28. The van der Waals surface area contributed by atoms with E-state index in [4.69, 9.17) is 4.74 Å². The van der Waals surface area contributed by atoms with Crippen LogP contribution in [0.25, 0.3) is 0 Å². The van der Waals surface area contributed by atoms with E-state index in [-0.39, 0.29) is 17.9 Å². The lowest BCUT2D eigenvalue weighted by Gasteiger charge is -2.31. The van der Waals surface area contributed by atoms with Crippen LogP contribution in [-0.2, 0) is 11.2 Å². The topological polar surface area (TPSA) is 67.3 Å². The van der Waals surface area contributed by atoms with E-state index in [1.165, 1.54) is 5.56 Å². The van der Waals surface area contributed by atoms with E-state index in [9.17, 15) is 4.79 Å². The van der Waals surface area contributed by atoms with Crippen molar-refractivity contribution in [3.63, 3.8) is 0 Å². The molecule has 1 aromatic heterocycles. The molecule has 1 atom stereocenters. The molecule has 1 N–H and O–H groups in total. The summed E-state index contributed by atoms with van der Waals surface area (Å²) in [5.41, 5.74) is 1.22. The standard InChI is InChI=1S/C19H22N4O2/c24-18(22-13-16-12-15-4-1-2-5-17(15)25-16)14-6-10-23(11-7-14)19-20-8-3-9-21-19/h1-5,8-9,14,16H,6-7,10-13H2,(H,22,24). The molecule has 0 spiro atoms. The molecule has 0 saturated carbocycles. The Morgan fingerprint density at radius 2 is 1.92 bits per heavy atom. The highest BCUT2D eigenvalue weighted by atomic mass is 16.5. The van der Waals surface area contributed by atoms with Crippen molar-refractivity contribution in [3.05, 3.63) is 48.3 Å². The number of benzene rings is 1. The number of para-hydroxylation sites is 1. The predicted octanol–water partition coefficient (Wildman–Crippen LogP) is 1.81. The van der Waals surface area contributed by atoms with Crippen LogP contribution in [0.15, 0.2) is 42.7 Å². The van der Waals surface area contributed by atoms with Crippen molar-refractivity contribution >= 4 is 11.9 Å². The minimum absolute atomic E-state index is 0.0409. The third-order valence-corrected chi connectivity index (χ3v) is 4.92. The molecule has 0 radical (unpaired) electrons. The highest BCUT2D eigenvalue weighted by molar-refractivity contribution is 5.79. The van der Waals surface area contributed by atoms with Crippen molar-refractivity contribution in [2.45, 2.75) is 25.4 Å². The fraction of sp³-hybridized carbons (Fsp3) is 0.421. The maximum atomic E-state index is 12.5. The molecule has 1 fully saturated rings. The van der Waals surface area contributed by atoms with Crippen LogP contribution in [0, 0.1) is 5.92 Å². The molecular formula is C19H22N4O2. The SMILES string of the molecule is O=C(NCC1Cc2ccccc2O1)C1CCN(c2ncccn2)CC1. The minimum atomic E-state index is 0.0409. The molecule has 0 aliphatic carbocycles. The van der Waals surface area contributed by atoms with Gasteiger partial charge in [-0.05, 0) is 30.5 Å². The van der Waals surface area contributed by atoms with Crippen LogP contribution in [0.2, 0.25) is 0 Å². The average molecular weight is 338 g/mol. The van der Waals surface area contributed by atoms with Gasteiger partial charge in [0.2, 0.25) is 11.9 Å². The molecule has 1 aromatic carbocycles. The van der Waals surface area contributed by atoms with Crippen LogP contribution in [0.4, 0.5) is 5.95 Å². The van der Waals surface area contributed by atoms with Gasteiger partial charge >= 0.3 is 0 Å². The third-order valence-electron chi connectivity index (χ3n) is 4.92. The Kier molecular flexibility index (Phi) is 4.50. The van der Waals surface area contributed by atoms with Gasteiger partial charge in [0.05, 0.1) is 6.54 Å². The number of fused-ring (bicyclic) bond motifs is 1. The zero-order valence-corrected chi connectivity index (χ0v) is 14.1. The van der Waals surface area contributed by atoms with Crippen LogP contribution in [0.5, 0.6) is 5.75 Å². The van der Waals surface area contributed by atoms with Gasteiger partial charge in [-0.1, -0.05) is 18.2 Å². The third kappa shape index (κ3) is 3.57. The van der Waals surface area contributed by atoms with Gasteiger partial charge in [-0.2, -0.15) is 0 Å². The van der Waals surface area contributed by atoms with Crippen molar-refractivity contribution in [1.82, 2.24) is 15.3 Å². The lowest BCUT2D eigenvalue weighted by Crippen LogP contribution is -2.43. The number of hydrogen-bond donors (Lipinski definition) is 1. The summed E-state index contributed by atoms with van der Waals surface area (Å²) >= 11 is 0. The van der Waals surface area contributed by atoms with E-state index in [2.05, 4.69) is 26.3 Å². The Bertz CT molecular complexity index is 704. The van der Waals surface area contributed by atoms with Gasteiger partial charge < -0.3 is 15.0 Å². The summed E-state index contributed by atoms with van der Waals surface area (Å²) in [5, 5.41) is 3.07. The molecule has 0 bridgehead atoms. The van der Waals surface area contributed by atoms with Gasteiger partial charge in [0.15, 0.2) is 0 Å². The first-order valence-electron chi connectivity index (χ1n) is 8.84. The van der Waals surface area contributed by atoms with Crippen molar-refractivity contribution in [2.75, 3.05) is 24.5 Å². The van der Waals surface area contributed by atoms with E-state index in [0.717, 1.165) is 44.0 Å².